The molecule has 0 bridgehead atoms. The van der Waals surface area contributed by atoms with Crippen LogP contribution in [-0.2, 0) is 11.2 Å². The van der Waals surface area contributed by atoms with E-state index in [9.17, 15) is 24.5 Å². The highest BCUT2D eigenvalue weighted by atomic mass is 16.6. The first kappa shape index (κ1) is 20.2. The van der Waals surface area contributed by atoms with E-state index in [0.29, 0.717) is 26.1 Å². The Bertz CT molecular complexity index is 949. The summed E-state index contributed by atoms with van der Waals surface area (Å²) in [6.45, 7) is 1.58. The van der Waals surface area contributed by atoms with Gasteiger partial charge in [-0.15, -0.1) is 0 Å². The minimum absolute atomic E-state index is 0.0850. The molecular weight excluding hydrogens is 376 g/mol. The van der Waals surface area contributed by atoms with Gasteiger partial charge >= 0.3 is 0 Å². The van der Waals surface area contributed by atoms with Crippen LogP contribution >= 0.6 is 0 Å². The third-order valence-corrected chi connectivity index (χ3v) is 5.06. The summed E-state index contributed by atoms with van der Waals surface area (Å²) in [6, 6.07) is 10.5. The number of nitrogens with one attached hydrogen (secondary N) is 2. The molecule has 0 spiro atoms. The van der Waals surface area contributed by atoms with Crippen LogP contribution < -0.4 is 10.9 Å². The maximum atomic E-state index is 12.4. The highest BCUT2D eigenvalue weighted by molar-refractivity contribution is 5.94. The van der Waals surface area contributed by atoms with Crippen LogP contribution in [0.3, 0.4) is 0 Å². The van der Waals surface area contributed by atoms with E-state index in [1.54, 1.807) is 0 Å². The van der Waals surface area contributed by atoms with Crippen molar-refractivity contribution in [1.82, 2.24) is 15.2 Å². The fourth-order valence-electron chi connectivity index (χ4n) is 3.35. The SMILES string of the molecule is O=C(NCC1CCN(C(=O)Cc2ccccc2)CC1)c1cc([N+](=O)[O-])c[nH]c1=O. The van der Waals surface area contributed by atoms with Gasteiger partial charge in [-0.05, 0) is 24.3 Å². The smallest absolute Gasteiger partial charge is 0.286 e. The monoisotopic (exact) mass is 398 g/mol. The number of nitrogens with zero attached hydrogens (tertiary/aromatic N) is 2. The van der Waals surface area contributed by atoms with Gasteiger partial charge in [0.1, 0.15) is 5.56 Å². The molecule has 2 amide bonds. The van der Waals surface area contributed by atoms with Gasteiger partial charge in [-0.3, -0.25) is 24.5 Å². The van der Waals surface area contributed by atoms with E-state index in [-0.39, 0.29) is 23.1 Å². The summed E-state index contributed by atoms with van der Waals surface area (Å²) >= 11 is 0. The molecule has 1 aliphatic rings. The summed E-state index contributed by atoms with van der Waals surface area (Å²) in [4.78, 5) is 50.6. The third kappa shape index (κ3) is 5.28. The molecule has 1 aromatic carbocycles. The first-order valence-electron chi connectivity index (χ1n) is 9.41. The Morgan fingerprint density at radius 1 is 1.21 bits per heavy atom. The number of pyridine rings is 1. The molecule has 3 rings (SSSR count). The predicted molar refractivity (Wildman–Crippen MR) is 106 cm³/mol. The molecular formula is C20H22N4O5. The molecule has 1 aliphatic heterocycles. The van der Waals surface area contributed by atoms with Crippen molar-refractivity contribution in [3.05, 3.63) is 74.2 Å². The number of nitro groups is 1. The number of hydrogen-bond acceptors (Lipinski definition) is 5. The number of aromatic nitrogens is 1. The Balaban J connectivity index is 1.48. The molecule has 9 heteroatoms. The summed E-state index contributed by atoms with van der Waals surface area (Å²) < 4.78 is 0. The number of amides is 2. The molecule has 29 heavy (non-hydrogen) atoms. The molecule has 2 aromatic rings. The average molecular weight is 398 g/mol. The number of aromatic amines is 1. The molecule has 1 fully saturated rings. The molecule has 1 saturated heterocycles. The summed E-state index contributed by atoms with van der Waals surface area (Å²) in [5.74, 6) is -0.378. The van der Waals surface area contributed by atoms with Crippen molar-refractivity contribution in [2.75, 3.05) is 19.6 Å². The van der Waals surface area contributed by atoms with E-state index in [2.05, 4.69) is 10.3 Å². The number of likely N-dealkylation sites (tertiary alicyclic amines) is 1. The standard InChI is InChI=1S/C20H22N4O5/c25-18(10-14-4-2-1-3-5-14)23-8-6-15(7-9-23)12-21-19(26)17-11-16(24(28)29)13-22-20(17)27/h1-5,11,13,15H,6-10,12H2,(H,21,26)(H,22,27). The van der Waals surface area contributed by atoms with Gasteiger partial charge in [0.05, 0.1) is 17.5 Å². The van der Waals surface area contributed by atoms with E-state index < -0.39 is 16.4 Å². The quantitative estimate of drug-likeness (QED) is 0.563. The first-order valence-corrected chi connectivity index (χ1v) is 9.41. The van der Waals surface area contributed by atoms with Crippen LogP contribution in [0.4, 0.5) is 5.69 Å². The van der Waals surface area contributed by atoms with E-state index in [0.717, 1.165) is 30.7 Å². The van der Waals surface area contributed by atoms with E-state index >= 15 is 0 Å². The van der Waals surface area contributed by atoms with Crippen LogP contribution in [0.25, 0.3) is 0 Å². The number of carbonyl (C=O) groups is 2. The number of carbonyl (C=O) groups excluding carboxylic acids is 2. The lowest BCUT2D eigenvalue weighted by Crippen LogP contribution is -2.42. The summed E-state index contributed by atoms with van der Waals surface area (Å²) in [7, 11) is 0. The number of benzene rings is 1. The topological polar surface area (TPSA) is 125 Å². The molecule has 0 atom stereocenters. The van der Waals surface area contributed by atoms with Gasteiger partial charge < -0.3 is 15.2 Å². The van der Waals surface area contributed by atoms with Crippen LogP contribution in [0.1, 0.15) is 28.8 Å². The third-order valence-electron chi connectivity index (χ3n) is 5.06. The second-order valence-electron chi connectivity index (χ2n) is 7.05. The Hall–Kier alpha value is -3.49. The van der Waals surface area contributed by atoms with Gasteiger partial charge in [-0.1, -0.05) is 30.3 Å². The maximum Gasteiger partial charge on any atom is 0.286 e. The van der Waals surface area contributed by atoms with E-state index in [1.165, 1.54) is 0 Å². The molecule has 2 heterocycles. The van der Waals surface area contributed by atoms with Crippen molar-refractivity contribution in [2.24, 2.45) is 5.92 Å². The highest BCUT2D eigenvalue weighted by Gasteiger charge is 2.24. The number of rotatable bonds is 6. The van der Waals surface area contributed by atoms with Crippen molar-refractivity contribution in [3.63, 3.8) is 0 Å². The first-order chi connectivity index (χ1) is 13.9. The van der Waals surface area contributed by atoms with Crippen molar-refractivity contribution in [1.29, 1.82) is 0 Å². The lowest BCUT2D eigenvalue weighted by Gasteiger charge is -2.32. The van der Waals surface area contributed by atoms with Gasteiger partial charge in [-0.2, -0.15) is 0 Å². The molecule has 0 unspecified atom stereocenters. The van der Waals surface area contributed by atoms with Crippen LogP contribution in [0.2, 0.25) is 0 Å². The van der Waals surface area contributed by atoms with Gasteiger partial charge in [0.15, 0.2) is 0 Å². The van der Waals surface area contributed by atoms with Gasteiger partial charge in [-0.25, -0.2) is 0 Å². The summed E-state index contributed by atoms with van der Waals surface area (Å²) in [6.07, 6.45) is 2.82. The molecule has 152 valence electrons. The van der Waals surface area contributed by atoms with Crippen molar-refractivity contribution < 1.29 is 14.5 Å². The van der Waals surface area contributed by atoms with Gasteiger partial charge in [0.25, 0.3) is 17.2 Å². The lowest BCUT2D eigenvalue weighted by atomic mass is 9.96. The second-order valence-corrected chi connectivity index (χ2v) is 7.05. The highest BCUT2D eigenvalue weighted by Crippen LogP contribution is 2.18. The van der Waals surface area contributed by atoms with Crippen molar-refractivity contribution in [3.8, 4) is 0 Å². The van der Waals surface area contributed by atoms with Crippen molar-refractivity contribution >= 4 is 17.5 Å². The largest absolute Gasteiger partial charge is 0.352 e. The number of hydrogen-bond donors (Lipinski definition) is 2. The van der Waals surface area contributed by atoms with Crippen LogP contribution in [0, 0.1) is 16.0 Å². The van der Waals surface area contributed by atoms with E-state index in [1.807, 2.05) is 35.2 Å². The zero-order valence-corrected chi connectivity index (χ0v) is 15.8. The normalized spacial score (nSPS) is 14.4. The van der Waals surface area contributed by atoms with Crippen LogP contribution in [0.5, 0.6) is 0 Å². The summed E-state index contributed by atoms with van der Waals surface area (Å²) in [5, 5.41) is 13.5. The Morgan fingerprint density at radius 3 is 2.55 bits per heavy atom. The van der Waals surface area contributed by atoms with Gasteiger partial charge in [0.2, 0.25) is 5.91 Å². The second kappa shape index (κ2) is 9.13. The zero-order valence-electron chi connectivity index (χ0n) is 15.8. The van der Waals surface area contributed by atoms with Gasteiger partial charge in [0, 0.05) is 25.7 Å². The molecule has 1 aromatic heterocycles. The molecule has 0 radical (unpaired) electrons. The minimum Gasteiger partial charge on any atom is -0.352 e. The summed E-state index contributed by atoms with van der Waals surface area (Å²) in [5.41, 5.74) is -0.321. The Morgan fingerprint density at radius 2 is 1.90 bits per heavy atom. The number of piperidine rings is 1. The number of H-pyrrole nitrogens is 1. The lowest BCUT2D eigenvalue weighted by molar-refractivity contribution is -0.385. The predicted octanol–water partition coefficient (Wildman–Crippen LogP) is 1.49. The van der Waals surface area contributed by atoms with Crippen LogP contribution in [-0.4, -0.2) is 46.3 Å². The average Bonchev–Trinajstić information content (AvgIpc) is 2.73. The molecule has 2 N–H and O–H groups in total. The fraction of sp³-hybridized carbons (Fsp3) is 0.350. The van der Waals surface area contributed by atoms with Crippen LogP contribution in [0.15, 0.2) is 47.4 Å². The van der Waals surface area contributed by atoms with E-state index in [4.69, 9.17) is 0 Å². The zero-order chi connectivity index (χ0) is 20.8. The molecule has 0 saturated carbocycles. The van der Waals surface area contributed by atoms with Crippen molar-refractivity contribution in [2.45, 2.75) is 19.3 Å². The minimum atomic E-state index is -0.672. The molecule has 0 aliphatic carbocycles. The Labute approximate surface area is 166 Å². The fourth-order valence-corrected chi connectivity index (χ4v) is 3.35. The maximum absolute atomic E-state index is 12.4. The molecule has 9 nitrogen and oxygen atoms in total. The Kier molecular flexibility index (Phi) is 6.38.